The van der Waals surface area contributed by atoms with E-state index < -0.39 is 127 Å². The van der Waals surface area contributed by atoms with Crippen LogP contribution in [0.1, 0.15) is 173 Å². The molecule has 0 aromatic carbocycles. The van der Waals surface area contributed by atoms with Crippen LogP contribution in [0.2, 0.25) is 0 Å². The van der Waals surface area contributed by atoms with Crippen molar-refractivity contribution in [2.45, 2.75) is 191 Å². The zero-order valence-electron chi connectivity index (χ0n) is 44.6. The van der Waals surface area contributed by atoms with Crippen molar-refractivity contribution < 1.29 is 88.1 Å². The summed E-state index contributed by atoms with van der Waals surface area (Å²) >= 11 is 0. The first-order chi connectivity index (χ1) is 36.2. The summed E-state index contributed by atoms with van der Waals surface area (Å²) in [4.78, 5) is 131. The van der Waals surface area contributed by atoms with Crippen LogP contribution in [0, 0.1) is 11.8 Å². The fourth-order valence-electron chi connectivity index (χ4n) is 7.36. The highest BCUT2D eigenvalue weighted by Crippen LogP contribution is 2.35. The minimum atomic E-state index is -1.58. The Kier molecular flexibility index (Phi) is 52.5. The SMILES string of the molecule is CN[C@@H](CCCCNC(=O)CC[C@H](CC(=O)CC[C@H](NC(=O)CC[C@H](CC(=O)CC[C@H](NC(=O)CCCCCCCCCCCCCCC(=O)O)C(=O)O)C(=O)O)C(=O)O)C(=O)O)C(=O)O.CSSCSSCSSC.F. The molecule has 5 atom stereocenters. The number of hydrogen-bond acceptors (Lipinski definition) is 18. The summed E-state index contributed by atoms with van der Waals surface area (Å²) in [5, 5.41) is 68.5. The third-order valence-electron chi connectivity index (χ3n) is 11.7. The van der Waals surface area contributed by atoms with Crippen molar-refractivity contribution in [3.63, 3.8) is 0 Å². The van der Waals surface area contributed by atoms with Gasteiger partial charge in [0.25, 0.3) is 0 Å². The Hall–Kier alpha value is -3.44. The third kappa shape index (κ3) is 48.2. The average molecular weight is 1210 g/mol. The number of carbonyl (C=O) groups excluding carboxylic acids is 5. The molecule has 10 N–H and O–H groups in total. The van der Waals surface area contributed by atoms with E-state index in [1.807, 2.05) is 64.8 Å². The zero-order chi connectivity index (χ0) is 57.5. The van der Waals surface area contributed by atoms with Gasteiger partial charge in [-0.25, -0.2) is 9.59 Å². The molecule has 446 valence electrons. The average Bonchev–Trinajstić information content (AvgIpc) is 3.35. The van der Waals surface area contributed by atoms with E-state index in [0.29, 0.717) is 32.1 Å². The van der Waals surface area contributed by atoms with Gasteiger partial charge in [0.15, 0.2) is 0 Å². The van der Waals surface area contributed by atoms with Crippen LogP contribution in [-0.2, 0) is 52.7 Å². The van der Waals surface area contributed by atoms with Crippen molar-refractivity contribution >= 4 is 130 Å². The number of rotatable bonds is 51. The lowest BCUT2D eigenvalue weighted by molar-refractivity contribution is -0.145. The van der Waals surface area contributed by atoms with Crippen LogP contribution in [0.3, 0.4) is 0 Å². The third-order valence-corrected chi connectivity index (χ3v) is 19.3. The molecule has 28 heteroatoms. The van der Waals surface area contributed by atoms with Crippen LogP contribution in [-0.4, -0.2) is 150 Å². The van der Waals surface area contributed by atoms with Gasteiger partial charge in [0.1, 0.15) is 29.7 Å². The van der Waals surface area contributed by atoms with Gasteiger partial charge >= 0.3 is 35.8 Å². The molecular weight excluding hydrogens is 1130 g/mol. The van der Waals surface area contributed by atoms with Crippen LogP contribution in [0.15, 0.2) is 0 Å². The maximum atomic E-state index is 12.7. The van der Waals surface area contributed by atoms with Crippen molar-refractivity contribution in [2.75, 3.05) is 36.3 Å². The van der Waals surface area contributed by atoms with Gasteiger partial charge < -0.3 is 51.9 Å². The number of carbonyl (C=O) groups is 11. The number of halogens is 1. The van der Waals surface area contributed by atoms with Gasteiger partial charge in [-0.2, -0.15) is 0 Å². The quantitative estimate of drug-likeness (QED) is 0.0155. The predicted octanol–water partition coefficient (Wildman–Crippen LogP) is 8.53. The highest BCUT2D eigenvalue weighted by atomic mass is 33.2. The number of Topliss-reactive ketones (excluding diaryl/α,β-unsaturated/α-hetero) is 2. The predicted molar refractivity (Wildman–Crippen MR) is 307 cm³/mol. The molecule has 0 radical (unpaired) electrons. The number of unbranched alkanes of at least 4 members (excludes halogenated alkanes) is 12. The molecule has 3 amide bonds. The molecule has 0 aliphatic rings. The normalized spacial score (nSPS) is 12.7. The van der Waals surface area contributed by atoms with Gasteiger partial charge in [-0.1, -0.05) is 129 Å². The number of aliphatic carboxylic acids is 6. The number of carboxylic acids is 6. The van der Waals surface area contributed by atoms with E-state index in [1.165, 1.54) is 17.2 Å². The Bertz CT molecular complexity index is 1740. The summed E-state index contributed by atoms with van der Waals surface area (Å²) in [6.45, 7) is 0.243. The van der Waals surface area contributed by atoms with Crippen LogP contribution in [0.4, 0.5) is 4.70 Å². The standard InChI is InChI=1S/C45H74N4O17.C4H10S6.FH/c1-46-34(43(61)62)16-14-15-27-47-37(52)25-19-30(41(57)58)28-32(50)22-24-36(45(65)66)49-39(54)26-20-31(42(59)60)29-33(51)21-23-35(44(63)64)48-38(53)17-12-10-8-6-4-2-3-5-7-9-11-13-18-40(55)56;1-5-7-3-9-10-4-8-6-2;/h30-31,34-36,46H,2-29H2,1H3,(H,47,52)(H,48,53)(H,49,54)(H,55,56)(H,57,58)(H,59,60)(H,61,62)(H,63,64)(H,65,66);3-4H2,1-2H3;1H/t30-,31-,34+,35+,36+;;/m1../s1. The van der Waals surface area contributed by atoms with Crippen molar-refractivity contribution in [3.8, 4) is 0 Å². The topological polar surface area (TPSA) is 357 Å². The lowest BCUT2D eigenvalue weighted by atomic mass is 9.93. The summed E-state index contributed by atoms with van der Waals surface area (Å²) in [5.74, 6) is -13.0. The Morgan fingerprint density at radius 1 is 0.390 bits per heavy atom. The molecule has 0 saturated heterocycles. The highest BCUT2D eigenvalue weighted by Gasteiger charge is 2.28. The molecular formula is C49H85FN4O17S6. The molecule has 0 aromatic heterocycles. The molecule has 0 heterocycles. The van der Waals surface area contributed by atoms with E-state index in [0.717, 1.165) is 64.2 Å². The molecule has 0 rings (SSSR count). The maximum Gasteiger partial charge on any atom is 0.326 e. The van der Waals surface area contributed by atoms with E-state index in [-0.39, 0.29) is 56.2 Å². The van der Waals surface area contributed by atoms with Crippen LogP contribution >= 0.6 is 64.8 Å². The van der Waals surface area contributed by atoms with E-state index in [1.54, 1.807) is 0 Å². The summed E-state index contributed by atoms with van der Waals surface area (Å²) in [7, 11) is 12.9. The van der Waals surface area contributed by atoms with E-state index >= 15 is 0 Å². The van der Waals surface area contributed by atoms with Crippen molar-refractivity contribution in [3.05, 3.63) is 0 Å². The first-order valence-corrected chi connectivity index (χ1v) is 33.6. The Labute approximate surface area is 476 Å². The first kappa shape index (κ1) is 77.8. The Balaban J connectivity index is -0.00000447. The van der Waals surface area contributed by atoms with E-state index in [4.69, 9.17) is 10.2 Å². The lowest BCUT2D eigenvalue weighted by Gasteiger charge is -2.17. The number of ketones is 2. The van der Waals surface area contributed by atoms with Crippen LogP contribution < -0.4 is 21.3 Å². The largest absolute Gasteiger partial charge is 0.481 e. The monoisotopic (exact) mass is 1210 g/mol. The highest BCUT2D eigenvalue weighted by molar-refractivity contribution is 8.88. The Morgan fingerprint density at radius 2 is 0.766 bits per heavy atom. The minimum Gasteiger partial charge on any atom is -0.481 e. The second kappa shape index (κ2) is 52.0. The maximum absolute atomic E-state index is 12.7. The summed E-state index contributed by atoms with van der Waals surface area (Å²) in [6.07, 6.45) is 13.6. The van der Waals surface area contributed by atoms with Crippen molar-refractivity contribution in [1.29, 1.82) is 0 Å². The molecule has 0 aromatic rings. The number of carboxylic acid groups (broad SMARTS) is 6. The number of amides is 3. The fourth-order valence-corrected chi connectivity index (χ4v) is 14.8. The summed E-state index contributed by atoms with van der Waals surface area (Å²) < 4.78 is 0. The molecule has 0 aliphatic carbocycles. The van der Waals surface area contributed by atoms with Gasteiger partial charge in [0.05, 0.1) is 22.0 Å². The van der Waals surface area contributed by atoms with Crippen molar-refractivity contribution in [1.82, 2.24) is 21.3 Å². The number of likely N-dealkylation sites (N-methyl/N-ethyl adjacent to an activating group) is 1. The molecule has 0 aliphatic heterocycles. The molecule has 77 heavy (non-hydrogen) atoms. The molecule has 0 fully saturated rings. The first-order valence-electron chi connectivity index (χ1n) is 25.7. The van der Waals surface area contributed by atoms with Crippen LogP contribution in [0.5, 0.6) is 0 Å². The Morgan fingerprint density at radius 3 is 1.13 bits per heavy atom. The fraction of sp³-hybridized carbons (Fsp3) is 0.776. The molecule has 0 unspecified atom stereocenters. The van der Waals surface area contributed by atoms with E-state index in [9.17, 15) is 73.2 Å². The van der Waals surface area contributed by atoms with Gasteiger partial charge in [0.2, 0.25) is 17.7 Å². The summed E-state index contributed by atoms with van der Waals surface area (Å²) in [6, 6.07) is -3.67. The smallest absolute Gasteiger partial charge is 0.326 e. The molecule has 0 saturated carbocycles. The second-order valence-corrected chi connectivity index (χ2v) is 26.2. The molecule has 0 bridgehead atoms. The zero-order valence-corrected chi connectivity index (χ0v) is 49.5. The van der Waals surface area contributed by atoms with Crippen LogP contribution in [0.25, 0.3) is 0 Å². The van der Waals surface area contributed by atoms with Gasteiger partial charge in [-0.05, 0) is 77.3 Å². The molecule has 0 spiro atoms. The number of hydrogen-bond donors (Lipinski definition) is 10. The minimum absolute atomic E-state index is 0. The van der Waals surface area contributed by atoms with E-state index in [2.05, 4.69) is 33.8 Å². The lowest BCUT2D eigenvalue weighted by Crippen LogP contribution is -2.41. The van der Waals surface area contributed by atoms with Gasteiger partial charge in [-0.3, -0.25) is 47.9 Å². The van der Waals surface area contributed by atoms with Gasteiger partial charge in [-0.15, -0.1) is 0 Å². The summed E-state index contributed by atoms with van der Waals surface area (Å²) in [5.41, 5.74) is 0. The number of nitrogens with one attached hydrogen (secondary N) is 4. The van der Waals surface area contributed by atoms with Gasteiger partial charge in [0, 0.05) is 57.9 Å². The van der Waals surface area contributed by atoms with Crippen molar-refractivity contribution in [2.24, 2.45) is 11.8 Å². The second-order valence-electron chi connectivity index (χ2n) is 17.8. The molecule has 21 nitrogen and oxygen atoms in total.